The van der Waals surface area contributed by atoms with Gasteiger partial charge in [0.2, 0.25) is 11.8 Å². The van der Waals surface area contributed by atoms with Gasteiger partial charge in [-0.3, -0.25) is 9.59 Å². The van der Waals surface area contributed by atoms with Gasteiger partial charge < -0.3 is 37.6 Å². The third-order valence-electron chi connectivity index (χ3n) is 11.1. The molecule has 9 N–H and O–H groups in total. The van der Waals surface area contributed by atoms with E-state index in [1.54, 1.807) is 0 Å². The number of aliphatic hydroxyl groups is 2. The molecule has 2 amide bonds. The Bertz CT molecular complexity index is 727. The molecule has 0 aliphatic rings. The molecule has 0 aliphatic heterocycles. The topological polar surface area (TPSA) is 163 Å². The van der Waals surface area contributed by atoms with Crippen LogP contribution in [0.4, 0.5) is 0 Å². The Labute approximate surface area is 328 Å². The Balaban J connectivity index is 3.64. The first-order valence-corrected chi connectivity index (χ1v) is 22.9. The van der Waals surface area contributed by atoms with Crippen molar-refractivity contribution in [3.8, 4) is 0 Å². The highest BCUT2D eigenvalue weighted by Gasteiger charge is 2.15. The highest BCUT2D eigenvalue weighted by atomic mass is 16.3. The summed E-state index contributed by atoms with van der Waals surface area (Å²) in [5, 5.41) is 30.5. The molecular formula is C44H91N5O4. The zero-order valence-electron chi connectivity index (χ0n) is 35.1. The van der Waals surface area contributed by atoms with Gasteiger partial charge in [0, 0.05) is 38.0 Å². The second-order valence-electron chi connectivity index (χ2n) is 16.1. The number of carbonyl (C=O) groups excluding carboxylic acids is 2. The molecule has 0 aromatic rings. The fraction of sp³-hybridized carbons (Fsp3) is 0.955. The highest BCUT2D eigenvalue weighted by Crippen LogP contribution is 2.18. The third-order valence-corrected chi connectivity index (χ3v) is 11.1. The molecular weight excluding hydrogens is 663 g/mol. The maximum atomic E-state index is 12.0. The van der Waals surface area contributed by atoms with Gasteiger partial charge in [-0.15, -0.1) is 0 Å². The first-order valence-electron chi connectivity index (χ1n) is 22.9. The number of amides is 2. The predicted molar refractivity (Wildman–Crippen MR) is 226 cm³/mol. The van der Waals surface area contributed by atoms with Crippen LogP contribution in [0, 0.1) is 11.8 Å². The predicted octanol–water partition coefficient (Wildman–Crippen LogP) is 8.42. The average Bonchev–Trinajstić information content (AvgIpc) is 3.13. The van der Waals surface area contributed by atoms with Crippen LogP contribution < -0.4 is 27.4 Å². The number of hydrogen-bond donors (Lipinski definition) is 7. The van der Waals surface area contributed by atoms with Crippen LogP contribution in [0.2, 0.25) is 0 Å². The first-order chi connectivity index (χ1) is 25.8. The van der Waals surface area contributed by atoms with E-state index in [9.17, 15) is 19.8 Å². The van der Waals surface area contributed by atoms with Crippen molar-refractivity contribution in [2.24, 2.45) is 23.3 Å². The minimum absolute atomic E-state index is 0.0475. The number of aliphatic hydroxyl groups excluding tert-OH is 2. The van der Waals surface area contributed by atoms with E-state index in [0.717, 1.165) is 142 Å². The monoisotopic (exact) mass is 754 g/mol. The maximum absolute atomic E-state index is 12.0. The molecule has 0 aliphatic carbocycles. The number of unbranched alkanes of at least 4 members (excludes halogenated alkanes) is 18. The Kier molecular flexibility index (Phi) is 39.4. The summed E-state index contributed by atoms with van der Waals surface area (Å²) < 4.78 is 0. The van der Waals surface area contributed by atoms with Crippen molar-refractivity contribution >= 4 is 11.8 Å². The van der Waals surface area contributed by atoms with E-state index < -0.39 is 0 Å². The molecule has 0 saturated carbocycles. The van der Waals surface area contributed by atoms with Crippen LogP contribution in [-0.2, 0) is 9.59 Å². The lowest BCUT2D eigenvalue weighted by Crippen LogP contribution is -2.35. The molecule has 9 nitrogen and oxygen atoms in total. The van der Waals surface area contributed by atoms with Crippen molar-refractivity contribution in [3.63, 3.8) is 0 Å². The van der Waals surface area contributed by atoms with E-state index in [1.165, 1.54) is 89.9 Å². The smallest absolute Gasteiger partial charge is 0.220 e. The number of hydrogen-bond acceptors (Lipinski definition) is 7. The van der Waals surface area contributed by atoms with Gasteiger partial charge in [0.05, 0.1) is 12.2 Å². The summed E-state index contributed by atoms with van der Waals surface area (Å²) in [4.78, 5) is 23.9. The van der Waals surface area contributed by atoms with Gasteiger partial charge >= 0.3 is 0 Å². The molecule has 0 heterocycles. The van der Waals surface area contributed by atoms with E-state index in [4.69, 9.17) is 11.5 Å². The zero-order chi connectivity index (χ0) is 39.0. The van der Waals surface area contributed by atoms with Crippen molar-refractivity contribution < 1.29 is 19.8 Å². The van der Waals surface area contributed by atoms with Crippen LogP contribution >= 0.6 is 0 Å². The fourth-order valence-corrected chi connectivity index (χ4v) is 7.35. The average molecular weight is 754 g/mol. The number of nitrogens with one attached hydrogen (secondary N) is 3. The number of nitrogens with two attached hydrogens (primary N) is 2. The molecule has 0 aromatic carbocycles. The summed E-state index contributed by atoms with van der Waals surface area (Å²) in [6.45, 7) is 9.49. The molecule has 0 radical (unpaired) electrons. The van der Waals surface area contributed by atoms with Crippen LogP contribution in [0.5, 0.6) is 0 Å². The molecule has 0 aromatic heterocycles. The van der Waals surface area contributed by atoms with Crippen molar-refractivity contribution in [2.45, 2.75) is 219 Å². The second kappa shape index (κ2) is 40.4. The maximum Gasteiger partial charge on any atom is 0.220 e. The standard InChI is InChI=1S/C44H91N5O4/c1-3-5-7-21-27-41(50)29-23-17-13-9-11-15-19-25-39(43(45)52)31-33-47-35-37-49-38-36-48-34-32-40(44(46)53)26-20-16-12-10-14-18-24-30-42(51)28-22-8-6-4-2/h39-42,47-51H,3-38H2,1-2H3,(H2,45,52)(H2,46,53). The number of rotatable bonds is 44. The van der Waals surface area contributed by atoms with E-state index in [1.807, 2.05) is 0 Å². The number of carbonyl (C=O) groups is 2. The summed E-state index contributed by atoms with van der Waals surface area (Å²) >= 11 is 0. The van der Waals surface area contributed by atoms with Crippen molar-refractivity contribution in [3.05, 3.63) is 0 Å². The molecule has 0 rings (SSSR count). The van der Waals surface area contributed by atoms with Crippen LogP contribution in [0.1, 0.15) is 206 Å². The Morgan fingerprint density at radius 3 is 0.906 bits per heavy atom. The number of primary amides is 2. The lowest BCUT2D eigenvalue weighted by molar-refractivity contribution is -0.123. The zero-order valence-corrected chi connectivity index (χ0v) is 35.1. The van der Waals surface area contributed by atoms with Gasteiger partial charge in [0.1, 0.15) is 0 Å². The van der Waals surface area contributed by atoms with E-state index in [2.05, 4.69) is 29.8 Å². The lowest BCUT2D eigenvalue weighted by Gasteiger charge is -2.15. The van der Waals surface area contributed by atoms with Crippen molar-refractivity contribution in [2.75, 3.05) is 39.3 Å². The first kappa shape index (κ1) is 51.7. The molecule has 0 spiro atoms. The van der Waals surface area contributed by atoms with Crippen molar-refractivity contribution in [1.29, 1.82) is 0 Å². The second-order valence-corrected chi connectivity index (χ2v) is 16.1. The van der Waals surface area contributed by atoms with E-state index in [-0.39, 0.29) is 35.9 Å². The van der Waals surface area contributed by atoms with Gasteiger partial charge in [-0.05, 0) is 64.5 Å². The van der Waals surface area contributed by atoms with Crippen LogP contribution in [0.25, 0.3) is 0 Å². The Morgan fingerprint density at radius 1 is 0.377 bits per heavy atom. The molecule has 0 saturated heterocycles. The van der Waals surface area contributed by atoms with Crippen LogP contribution in [-0.4, -0.2) is 73.5 Å². The van der Waals surface area contributed by atoms with E-state index in [0.29, 0.717) is 0 Å². The molecule has 0 fully saturated rings. The Morgan fingerprint density at radius 2 is 0.623 bits per heavy atom. The van der Waals surface area contributed by atoms with Crippen LogP contribution in [0.3, 0.4) is 0 Å². The van der Waals surface area contributed by atoms with Gasteiger partial charge in [-0.1, -0.05) is 155 Å². The minimum Gasteiger partial charge on any atom is -0.393 e. The SMILES string of the molecule is CCCCCCC(O)CCCCCCCCCC(CCNCCNCCNCCC(CCCCCCCCCC(O)CCCCCC)C(N)=O)C(N)=O. The Hall–Kier alpha value is -1.26. The highest BCUT2D eigenvalue weighted by molar-refractivity contribution is 5.76. The van der Waals surface area contributed by atoms with Gasteiger partial charge in [0.15, 0.2) is 0 Å². The molecule has 316 valence electrons. The third kappa shape index (κ3) is 37.4. The molecule has 0 bridgehead atoms. The summed E-state index contributed by atoms with van der Waals surface area (Å²) in [6.07, 6.45) is 33.3. The quantitative estimate of drug-likeness (QED) is 0.0307. The largest absolute Gasteiger partial charge is 0.393 e. The van der Waals surface area contributed by atoms with Gasteiger partial charge in [0.25, 0.3) is 0 Å². The summed E-state index contributed by atoms with van der Waals surface area (Å²) in [5.74, 6) is -0.446. The summed E-state index contributed by atoms with van der Waals surface area (Å²) in [6, 6.07) is 0. The van der Waals surface area contributed by atoms with Crippen molar-refractivity contribution in [1.82, 2.24) is 16.0 Å². The molecule has 53 heavy (non-hydrogen) atoms. The lowest BCUT2D eigenvalue weighted by atomic mass is 9.96. The van der Waals surface area contributed by atoms with Gasteiger partial charge in [-0.2, -0.15) is 0 Å². The van der Waals surface area contributed by atoms with Gasteiger partial charge in [-0.25, -0.2) is 0 Å². The molecule has 4 unspecified atom stereocenters. The van der Waals surface area contributed by atoms with Crippen LogP contribution in [0.15, 0.2) is 0 Å². The molecule has 9 heteroatoms. The minimum atomic E-state index is -0.176. The van der Waals surface area contributed by atoms with E-state index >= 15 is 0 Å². The summed E-state index contributed by atoms with van der Waals surface area (Å²) in [7, 11) is 0. The fourth-order valence-electron chi connectivity index (χ4n) is 7.35. The molecule has 4 atom stereocenters. The summed E-state index contributed by atoms with van der Waals surface area (Å²) in [5.41, 5.74) is 11.4. The normalized spacial score (nSPS) is 14.0.